The molecule has 1 N–H and O–H groups in total. The van der Waals surface area contributed by atoms with Crippen molar-refractivity contribution in [3.63, 3.8) is 0 Å². The molecule has 5 rings (SSSR count). The first kappa shape index (κ1) is 17.6. The maximum atomic E-state index is 6.00. The molecule has 0 atom stereocenters. The molecule has 146 valence electrons. The van der Waals surface area contributed by atoms with E-state index >= 15 is 0 Å². The van der Waals surface area contributed by atoms with Gasteiger partial charge < -0.3 is 19.4 Å². The average molecular weight is 387 g/mol. The summed E-state index contributed by atoms with van der Waals surface area (Å²) in [6, 6.07) is 15.8. The van der Waals surface area contributed by atoms with Crippen LogP contribution in [0.2, 0.25) is 0 Å². The van der Waals surface area contributed by atoms with Gasteiger partial charge in [0.15, 0.2) is 5.82 Å². The summed E-state index contributed by atoms with van der Waals surface area (Å²) >= 11 is 0. The first-order valence-electron chi connectivity index (χ1n) is 9.68. The zero-order valence-corrected chi connectivity index (χ0v) is 15.9. The number of nitrogens with one attached hydrogen (secondary N) is 1. The van der Waals surface area contributed by atoms with Crippen LogP contribution in [0.25, 0.3) is 22.3 Å². The van der Waals surface area contributed by atoms with Gasteiger partial charge in [-0.15, -0.1) is 0 Å². The standard InChI is InChI=1S/C22H21N5O2/c1-2-8-23-16(4-1)15-29-21-14-20(27-10-12-28-13-11-27)25-22(26-21)18-5-3-6-19-17(18)7-9-24-19/h1-9,14,24H,10-13,15H2. The molecule has 7 nitrogen and oxygen atoms in total. The Morgan fingerprint density at radius 1 is 1.03 bits per heavy atom. The van der Waals surface area contributed by atoms with Gasteiger partial charge >= 0.3 is 0 Å². The molecular weight excluding hydrogens is 366 g/mol. The monoisotopic (exact) mass is 387 g/mol. The number of hydrogen-bond donors (Lipinski definition) is 1. The van der Waals surface area contributed by atoms with Gasteiger partial charge in [-0.3, -0.25) is 4.98 Å². The molecule has 1 aliphatic rings. The largest absolute Gasteiger partial charge is 0.471 e. The van der Waals surface area contributed by atoms with Crippen molar-refractivity contribution >= 4 is 16.7 Å². The molecule has 1 aliphatic heterocycles. The van der Waals surface area contributed by atoms with Gasteiger partial charge in [0.05, 0.1) is 18.9 Å². The first-order chi connectivity index (χ1) is 14.4. The van der Waals surface area contributed by atoms with Crippen LogP contribution in [0.15, 0.2) is 60.9 Å². The second kappa shape index (κ2) is 7.89. The summed E-state index contributed by atoms with van der Waals surface area (Å²) < 4.78 is 11.5. The Morgan fingerprint density at radius 3 is 2.83 bits per heavy atom. The Bertz CT molecular complexity index is 1110. The number of benzene rings is 1. The first-order valence-corrected chi connectivity index (χ1v) is 9.68. The molecular formula is C22H21N5O2. The highest BCUT2D eigenvalue weighted by molar-refractivity contribution is 5.93. The molecule has 0 bridgehead atoms. The van der Waals surface area contributed by atoms with Gasteiger partial charge in [0.1, 0.15) is 12.4 Å². The average Bonchev–Trinajstić information content (AvgIpc) is 3.28. The second-order valence-corrected chi connectivity index (χ2v) is 6.84. The molecule has 4 aromatic rings. The number of rotatable bonds is 5. The molecule has 7 heteroatoms. The van der Waals surface area contributed by atoms with E-state index in [4.69, 9.17) is 19.4 Å². The van der Waals surface area contributed by atoms with Crippen molar-refractivity contribution in [2.75, 3.05) is 31.2 Å². The van der Waals surface area contributed by atoms with Crippen LogP contribution in [0.5, 0.6) is 5.88 Å². The number of morpholine rings is 1. The van der Waals surface area contributed by atoms with Crippen molar-refractivity contribution in [1.82, 2.24) is 19.9 Å². The summed E-state index contributed by atoms with van der Waals surface area (Å²) in [6.45, 7) is 3.33. The van der Waals surface area contributed by atoms with Crippen LogP contribution in [0, 0.1) is 0 Å². The Labute approximate surface area is 168 Å². The summed E-state index contributed by atoms with van der Waals surface area (Å²) in [5.74, 6) is 2.03. The van der Waals surface area contributed by atoms with Crippen molar-refractivity contribution < 1.29 is 9.47 Å². The number of anilines is 1. The fourth-order valence-electron chi connectivity index (χ4n) is 3.47. The normalized spacial score (nSPS) is 14.3. The van der Waals surface area contributed by atoms with Crippen LogP contribution in [-0.4, -0.2) is 46.2 Å². The van der Waals surface area contributed by atoms with E-state index in [1.807, 2.05) is 54.7 Å². The third kappa shape index (κ3) is 3.77. The number of pyridine rings is 1. The van der Waals surface area contributed by atoms with Gasteiger partial charge in [-0.25, -0.2) is 4.98 Å². The van der Waals surface area contributed by atoms with Gasteiger partial charge in [0, 0.05) is 48.0 Å². The molecule has 0 saturated carbocycles. The summed E-state index contributed by atoms with van der Waals surface area (Å²) in [7, 11) is 0. The molecule has 1 fully saturated rings. The van der Waals surface area contributed by atoms with E-state index in [2.05, 4.69) is 14.9 Å². The maximum absolute atomic E-state index is 6.00. The quantitative estimate of drug-likeness (QED) is 0.565. The van der Waals surface area contributed by atoms with Crippen LogP contribution < -0.4 is 9.64 Å². The van der Waals surface area contributed by atoms with Gasteiger partial charge in [0.2, 0.25) is 5.88 Å². The SMILES string of the molecule is c1ccc(COc2cc(N3CCOCC3)nc(-c3cccc4[nH]ccc34)n2)nc1. The predicted octanol–water partition coefficient (Wildman–Crippen LogP) is 3.44. The lowest BCUT2D eigenvalue weighted by Gasteiger charge is -2.28. The van der Waals surface area contributed by atoms with E-state index in [1.54, 1.807) is 6.20 Å². The lowest BCUT2D eigenvalue weighted by molar-refractivity contribution is 0.122. The van der Waals surface area contributed by atoms with E-state index in [0.717, 1.165) is 41.1 Å². The van der Waals surface area contributed by atoms with Crippen molar-refractivity contribution in [1.29, 1.82) is 0 Å². The van der Waals surface area contributed by atoms with Gasteiger partial charge in [0.25, 0.3) is 0 Å². The summed E-state index contributed by atoms with van der Waals surface area (Å²) in [4.78, 5) is 19.3. The molecule has 0 spiro atoms. The Kier molecular flexibility index (Phi) is 4.80. The molecule has 1 aromatic carbocycles. The zero-order chi connectivity index (χ0) is 19.5. The summed E-state index contributed by atoms with van der Waals surface area (Å²) in [5.41, 5.74) is 2.88. The number of aromatic amines is 1. The second-order valence-electron chi connectivity index (χ2n) is 6.84. The highest BCUT2D eigenvalue weighted by Gasteiger charge is 2.17. The molecule has 1 saturated heterocycles. The van der Waals surface area contributed by atoms with E-state index in [9.17, 15) is 0 Å². The van der Waals surface area contributed by atoms with Crippen molar-refractivity contribution in [2.45, 2.75) is 6.61 Å². The molecule has 29 heavy (non-hydrogen) atoms. The summed E-state index contributed by atoms with van der Waals surface area (Å²) in [6.07, 6.45) is 3.69. The van der Waals surface area contributed by atoms with E-state index in [-0.39, 0.29) is 0 Å². The fraction of sp³-hybridized carbons (Fsp3) is 0.227. The number of ether oxygens (including phenoxy) is 2. The van der Waals surface area contributed by atoms with Crippen LogP contribution >= 0.6 is 0 Å². The Morgan fingerprint density at radius 2 is 1.97 bits per heavy atom. The zero-order valence-electron chi connectivity index (χ0n) is 15.9. The molecule has 3 aromatic heterocycles. The Balaban J connectivity index is 1.53. The van der Waals surface area contributed by atoms with Crippen LogP contribution in [0.1, 0.15) is 5.69 Å². The number of hydrogen-bond acceptors (Lipinski definition) is 6. The van der Waals surface area contributed by atoms with Crippen LogP contribution in [0.3, 0.4) is 0 Å². The van der Waals surface area contributed by atoms with Crippen molar-refractivity contribution in [3.8, 4) is 17.3 Å². The van der Waals surface area contributed by atoms with Gasteiger partial charge in [-0.2, -0.15) is 4.98 Å². The van der Waals surface area contributed by atoms with Crippen molar-refractivity contribution in [3.05, 3.63) is 66.6 Å². The number of aromatic nitrogens is 4. The third-order valence-electron chi connectivity index (χ3n) is 4.95. The molecule has 0 amide bonds. The minimum Gasteiger partial charge on any atom is -0.471 e. The van der Waals surface area contributed by atoms with E-state index in [1.165, 1.54) is 0 Å². The van der Waals surface area contributed by atoms with Crippen LogP contribution in [-0.2, 0) is 11.3 Å². The number of fused-ring (bicyclic) bond motifs is 1. The fourth-order valence-corrected chi connectivity index (χ4v) is 3.47. The third-order valence-corrected chi connectivity index (χ3v) is 4.95. The number of nitrogens with zero attached hydrogens (tertiary/aromatic N) is 4. The Hall–Kier alpha value is -3.45. The molecule has 4 heterocycles. The minimum absolute atomic E-state index is 0.355. The van der Waals surface area contributed by atoms with Crippen molar-refractivity contribution in [2.24, 2.45) is 0 Å². The van der Waals surface area contributed by atoms with E-state index in [0.29, 0.717) is 31.5 Å². The van der Waals surface area contributed by atoms with Crippen LogP contribution in [0.4, 0.5) is 5.82 Å². The van der Waals surface area contributed by atoms with Gasteiger partial charge in [-0.1, -0.05) is 18.2 Å². The van der Waals surface area contributed by atoms with Gasteiger partial charge in [-0.05, 0) is 24.3 Å². The molecule has 0 radical (unpaired) electrons. The smallest absolute Gasteiger partial charge is 0.219 e. The summed E-state index contributed by atoms with van der Waals surface area (Å²) in [5, 5.41) is 1.09. The number of H-pyrrole nitrogens is 1. The minimum atomic E-state index is 0.355. The van der Waals surface area contributed by atoms with E-state index < -0.39 is 0 Å². The highest BCUT2D eigenvalue weighted by Crippen LogP contribution is 2.29. The topological polar surface area (TPSA) is 76.2 Å². The maximum Gasteiger partial charge on any atom is 0.219 e. The molecule has 0 aliphatic carbocycles. The predicted molar refractivity (Wildman–Crippen MR) is 111 cm³/mol. The highest BCUT2D eigenvalue weighted by atomic mass is 16.5. The lowest BCUT2D eigenvalue weighted by atomic mass is 10.1. The lowest BCUT2D eigenvalue weighted by Crippen LogP contribution is -2.36. The molecule has 0 unspecified atom stereocenters.